The van der Waals surface area contributed by atoms with Gasteiger partial charge in [-0.2, -0.15) is 0 Å². The van der Waals surface area contributed by atoms with Gasteiger partial charge in [0.2, 0.25) is 0 Å². The summed E-state index contributed by atoms with van der Waals surface area (Å²) in [5.74, 6) is 0. The van der Waals surface area contributed by atoms with Crippen LogP contribution in [0, 0.1) is 6.92 Å². The van der Waals surface area contributed by atoms with E-state index < -0.39 is 0 Å². The number of hydrogen-bond donors (Lipinski definition) is 1. The SMILES string of the molecule is CCOCC(C)(CN)N(C)Cc1cccc(C)c1. The van der Waals surface area contributed by atoms with Crippen LogP contribution in [0.15, 0.2) is 24.3 Å². The number of hydrogen-bond acceptors (Lipinski definition) is 3. The quantitative estimate of drug-likeness (QED) is 0.806. The molecule has 0 aliphatic heterocycles. The van der Waals surface area contributed by atoms with Crippen molar-refractivity contribution in [2.75, 3.05) is 26.8 Å². The summed E-state index contributed by atoms with van der Waals surface area (Å²) in [4.78, 5) is 2.28. The highest BCUT2D eigenvalue weighted by Crippen LogP contribution is 2.16. The Morgan fingerprint density at radius 1 is 1.39 bits per heavy atom. The molecule has 0 saturated heterocycles. The normalized spacial score (nSPS) is 14.8. The van der Waals surface area contributed by atoms with Crippen molar-refractivity contribution in [1.29, 1.82) is 0 Å². The minimum absolute atomic E-state index is 0.111. The predicted octanol–water partition coefficient (Wildman–Crippen LogP) is 2.18. The van der Waals surface area contributed by atoms with Crippen molar-refractivity contribution in [2.45, 2.75) is 32.9 Å². The van der Waals surface area contributed by atoms with E-state index in [4.69, 9.17) is 10.5 Å². The van der Waals surface area contributed by atoms with Gasteiger partial charge in [0.25, 0.3) is 0 Å². The molecule has 1 aromatic rings. The summed E-state index contributed by atoms with van der Waals surface area (Å²) in [6.07, 6.45) is 0. The minimum atomic E-state index is -0.111. The first-order chi connectivity index (χ1) is 8.51. The zero-order chi connectivity index (χ0) is 13.6. The molecule has 102 valence electrons. The van der Waals surface area contributed by atoms with Gasteiger partial charge in [-0.25, -0.2) is 0 Å². The van der Waals surface area contributed by atoms with Crippen LogP contribution in [0.1, 0.15) is 25.0 Å². The minimum Gasteiger partial charge on any atom is -0.380 e. The molecule has 1 rings (SSSR count). The number of benzene rings is 1. The van der Waals surface area contributed by atoms with Crippen molar-refractivity contribution >= 4 is 0 Å². The van der Waals surface area contributed by atoms with Crippen molar-refractivity contribution in [3.63, 3.8) is 0 Å². The third-order valence-corrected chi connectivity index (χ3v) is 3.48. The average Bonchev–Trinajstić information content (AvgIpc) is 2.36. The Labute approximate surface area is 111 Å². The van der Waals surface area contributed by atoms with Gasteiger partial charge < -0.3 is 10.5 Å². The van der Waals surface area contributed by atoms with E-state index in [0.29, 0.717) is 13.2 Å². The Balaban J connectivity index is 2.69. The number of aryl methyl sites for hydroxylation is 1. The number of nitrogens with zero attached hydrogens (tertiary/aromatic N) is 1. The van der Waals surface area contributed by atoms with Crippen molar-refractivity contribution in [3.05, 3.63) is 35.4 Å². The zero-order valence-electron chi connectivity index (χ0n) is 12.1. The van der Waals surface area contributed by atoms with E-state index >= 15 is 0 Å². The summed E-state index contributed by atoms with van der Waals surface area (Å²) in [5.41, 5.74) is 8.40. The highest BCUT2D eigenvalue weighted by atomic mass is 16.5. The van der Waals surface area contributed by atoms with Crippen LogP contribution in [0.5, 0.6) is 0 Å². The summed E-state index contributed by atoms with van der Waals surface area (Å²) in [6.45, 7) is 9.16. The molecule has 1 aromatic carbocycles. The Morgan fingerprint density at radius 2 is 2.11 bits per heavy atom. The first-order valence-corrected chi connectivity index (χ1v) is 6.56. The second-order valence-corrected chi connectivity index (χ2v) is 5.18. The molecule has 1 unspecified atom stereocenters. The molecular formula is C15H26N2O. The van der Waals surface area contributed by atoms with E-state index in [1.165, 1.54) is 11.1 Å². The number of ether oxygens (including phenoxy) is 1. The van der Waals surface area contributed by atoms with Gasteiger partial charge in [0.05, 0.1) is 12.1 Å². The second kappa shape index (κ2) is 6.88. The maximum Gasteiger partial charge on any atom is 0.0659 e. The molecule has 18 heavy (non-hydrogen) atoms. The van der Waals surface area contributed by atoms with E-state index in [0.717, 1.165) is 13.2 Å². The summed E-state index contributed by atoms with van der Waals surface area (Å²) in [5, 5.41) is 0. The Bertz CT molecular complexity index is 367. The summed E-state index contributed by atoms with van der Waals surface area (Å²) in [6, 6.07) is 8.59. The highest BCUT2D eigenvalue weighted by Gasteiger charge is 2.27. The van der Waals surface area contributed by atoms with E-state index in [-0.39, 0.29) is 5.54 Å². The van der Waals surface area contributed by atoms with Crippen molar-refractivity contribution in [1.82, 2.24) is 4.90 Å². The highest BCUT2D eigenvalue weighted by molar-refractivity contribution is 5.22. The molecule has 0 spiro atoms. The number of likely N-dealkylation sites (N-methyl/N-ethyl adjacent to an activating group) is 1. The average molecular weight is 250 g/mol. The Kier molecular flexibility index (Phi) is 5.79. The van der Waals surface area contributed by atoms with Gasteiger partial charge in [-0.1, -0.05) is 29.8 Å². The fraction of sp³-hybridized carbons (Fsp3) is 0.600. The molecule has 3 heteroatoms. The molecule has 2 N–H and O–H groups in total. The number of rotatable bonds is 7. The van der Waals surface area contributed by atoms with Gasteiger partial charge in [-0.3, -0.25) is 4.90 Å². The van der Waals surface area contributed by atoms with Gasteiger partial charge in [0, 0.05) is 19.7 Å². The lowest BCUT2D eigenvalue weighted by atomic mass is 10.0. The Morgan fingerprint density at radius 3 is 2.67 bits per heavy atom. The molecule has 1 atom stereocenters. The lowest BCUT2D eigenvalue weighted by molar-refractivity contribution is 0.0202. The lowest BCUT2D eigenvalue weighted by Crippen LogP contribution is -2.52. The fourth-order valence-electron chi connectivity index (χ4n) is 1.92. The summed E-state index contributed by atoms with van der Waals surface area (Å²) >= 11 is 0. The molecule has 0 amide bonds. The molecule has 0 radical (unpaired) electrons. The molecule has 0 aromatic heterocycles. The van der Waals surface area contributed by atoms with Crippen LogP contribution >= 0.6 is 0 Å². The van der Waals surface area contributed by atoms with E-state index in [9.17, 15) is 0 Å². The van der Waals surface area contributed by atoms with Crippen LogP contribution in [-0.2, 0) is 11.3 Å². The van der Waals surface area contributed by atoms with Crippen molar-refractivity contribution in [2.24, 2.45) is 5.73 Å². The molecule has 0 aliphatic carbocycles. The smallest absolute Gasteiger partial charge is 0.0659 e. The van der Waals surface area contributed by atoms with Gasteiger partial charge in [0.1, 0.15) is 0 Å². The molecule has 3 nitrogen and oxygen atoms in total. The van der Waals surface area contributed by atoms with Gasteiger partial charge in [-0.05, 0) is 33.4 Å². The summed E-state index contributed by atoms with van der Waals surface area (Å²) < 4.78 is 5.55. The van der Waals surface area contributed by atoms with Crippen molar-refractivity contribution < 1.29 is 4.74 Å². The first kappa shape index (κ1) is 15.2. The maximum atomic E-state index is 5.91. The van der Waals surface area contributed by atoms with E-state index in [1.54, 1.807) is 0 Å². The first-order valence-electron chi connectivity index (χ1n) is 6.56. The molecule has 0 heterocycles. The van der Waals surface area contributed by atoms with Crippen LogP contribution < -0.4 is 5.73 Å². The molecule has 0 saturated carbocycles. The van der Waals surface area contributed by atoms with Gasteiger partial charge >= 0.3 is 0 Å². The van der Waals surface area contributed by atoms with E-state index in [1.807, 2.05) is 6.92 Å². The van der Waals surface area contributed by atoms with Crippen LogP contribution in [0.4, 0.5) is 0 Å². The molecule has 0 aliphatic rings. The molecular weight excluding hydrogens is 224 g/mol. The standard InChI is InChI=1S/C15H26N2O/c1-5-18-12-15(3,11-16)17(4)10-14-8-6-7-13(2)9-14/h6-9H,5,10-12,16H2,1-4H3. The maximum absolute atomic E-state index is 5.91. The second-order valence-electron chi connectivity index (χ2n) is 5.18. The van der Waals surface area contributed by atoms with Crippen molar-refractivity contribution in [3.8, 4) is 0 Å². The van der Waals surface area contributed by atoms with E-state index in [2.05, 4.69) is 50.1 Å². The number of nitrogens with two attached hydrogens (primary N) is 1. The van der Waals surface area contributed by atoms with Gasteiger partial charge in [-0.15, -0.1) is 0 Å². The summed E-state index contributed by atoms with van der Waals surface area (Å²) in [7, 11) is 2.11. The van der Waals surface area contributed by atoms with Crippen LogP contribution in [0.2, 0.25) is 0 Å². The lowest BCUT2D eigenvalue weighted by Gasteiger charge is -2.37. The fourth-order valence-corrected chi connectivity index (χ4v) is 1.92. The van der Waals surface area contributed by atoms with Crippen LogP contribution in [0.3, 0.4) is 0 Å². The largest absolute Gasteiger partial charge is 0.380 e. The monoisotopic (exact) mass is 250 g/mol. The van der Waals surface area contributed by atoms with Crippen LogP contribution in [-0.4, -0.2) is 37.2 Å². The van der Waals surface area contributed by atoms with Gasteiger partial charge in [0.15, 0.2) is 0 Å². The zero-order valence-corrected chi connectivity index (χ0v) is 12.1. The molecule has 0 fully saturated rings. The van der Waals surface area contributed by atoms with Crippen LogP contribution in [0.25, 0.3) is 0 Å². The molecule has 0 bridgehead atoms. The Hall–Kier alpha value is -0.900. The third-order valence-electron chi connectivity index (χ3n) is 3.48. The predicted molar refractivity (Wildman–Crippen MR) is 76.6 cm³/mol. The third kappa shape index (κ3) is 4.09. The topological polar surface area (TPSA) is 38.5 Å².